The number of nitro benzene ring substituents is 1. The molecule has 0 aliphatic carbocycles. The number of halogens is 2. The highest BCUT2D eigenvalue weighted by Gasteiger charge is 2.12. The van der Waals surface area contributed by atoms with Crippen LogP contribution in [0.15, 0.2) is 46.0 Å². The third-order valence-electron chi connectivity index (χ3n) is 2.85. The van der Waals surface area contributed by atoms with Crippen molar-refractivity contribution >= 4 is 45.3 Å². The van der Waals surface area contributed by atoms with E-state index in [9.17, 15) is 20.0 Å². The molecular formula is C15H11BrClN3O5. The van der Waals surface area contributed by atoms with Crippen molar-refractivity contribution in [2.45, 2.75) is 0 Å². The molecule has 0 heterocycles. The van der Waals surface area contributed by atoms with Gasteiger partial charge in [-0.1, -0.05) is 11.6 Å². The van der Waals surface area contributed by atoms with Crippen LogP contribution >= 0.6 is 27.5 Å². The Morgan fingerprint density at radius 3 is 2.80 bits per heavy atom. The first-order chi connectivity index (χ1) is 11.9. The molecule has 2 rings (SSSR count). The first-order valence-electron chi connectivity index (χ1n) is 6.74. The molecule has 0 aliphatic rings. The topological polar surface area (TPSA) is 114 Å². The molecule has 0 aromatic heterocycles. The second-order valence-corrected chi connectivity index (χ2v) is 5.95. The van der Waals surface area contributed by atoms with Crippen molar-refractivity contribution in [1.29, 1.82) is 0 Å². The molecule has 0 bridgehead atoms. The maximum absolute atomic E-state index is 11.7. The predicted octanol–water partition coefficient (Wildman–Crippen LogP) is 3.25. The van der Waals surface area contributed by atoms with E-state index in [-0.39, 0.29) is 6.61 Å². The number of aromatic hydroxyl groups is 1. The predicted molar refractivity (Wildman–Crippen MR) is 95.1 cm³/mol. The van der Waals surface area contributed by atoms with Crippen LogP contribution in [0, 0.1) is 10.1 Å². The number of phenols is 1. The van der Waals surface area contributed by atoms with E-state index >= 15 is 0 Å². The number of carbonyl (C=O) groups excluding carboxylic acids is 1. The summed E-state index contributed by atoms with van der Waals surface area (Å²) in [5, 5.41) is 24.3. The molecule has 0 atom stereocenters. The lowest BCUT2D eigenvalue weighted by atomic mass is 10.2. The zero-order valence-electron chi connectivity index (χ0n) is 12.5. The lowest BCUT2D eigenvalue weighted by Crippen LogP contribution is -2.24. The number of benzene rings is 2. The summed E-state index contributed by atoms with van der Waals surface area (Å²) in [6.45, 7) is -0.275. The van der Waals surface area contributed by atoms with Crippen molar-refractivity contribution in [1.82, 2.24) is 5.43 Å². The molecule has 8 nitrogen and oxygen atoms in total. The van der Waals surface area contributed by atoms with Gasteiger partial charge in [-0.3, -0.25) is 14.9 Å². The summed E-state index contributed by atoms with van der Waals surface area (Å²) < 4.78 is 5.92. The van der Waals surface area contributed by atoms with Crippen LogP contribution < -0.4 is 10.2 Å². The molecule has 2 aromatic rings. The fourth-order valence-electron chi connectivity index (χ4n) is 1.72. The number of hydrogen-bond acceptors (Lipinski definition) is 6. The molecule has 10 heteroatoms. The molecule has 0 radical (unpaired) electrons. The van der Waals surface area contributed by atoms with Crippen LogP contribution in [0.5, 0.6) is 11.5 Å². The van der Waals surface area contributed by atoms with Crippen LogP contribution in [0.1, 0.15) is 5.56 Å². The minimum atomic E-state index is -0.704. The van der Waals surface area contributed by atoms with Gasteiger partial charge in [0.15, 0.2) is 12.4 Å². The van der Waals surface area contributed by atoms with E-state index in [0.29, 0.717) is 20.8 Å². The van der Waals surface area contributed by atoms with Crippen LogP contribution in [-0.4, -0.2) is 28.8 Å². The Balaban J connectivity index is 1.88. The van der Waals surface area contributed by atoms with Gasteiger partial charge in [-0.2, -0.15) is 5.10 Å². The molecule has 2 aromatic carbocycles. The number of amides is 1. The van der Waals surface area contributed by atoms with Gasteiger partial charge >= 0.3 is 5.69 Å². The van der Waals surface area contributed by atoms with Gasteiger partial charge in [0.05, 0.1) is 15.6 Å². The third-order valence-corrected chi connectivity index (χ3v) is 3.71. The number of rotatable bonds is 6. The summed E-state index contributed by atoms with van der Waals surface area (Å²) in [6, 6.07) is 8.55. The van der Waals surface area contributed by atoms with Crippen molar-refractivity contribution in [3.63, 3.8) is 0 Å². The number of carbonyl (C=O) groups is 1. The molecule has 0 saturated carbocycles. The Morgan fingerprint density at radius 1 is 1.40 bits per heavy atom. The van der Waals surface area contributed by atoms with Gasteiger partial charge in [-0.25, -0.2) is 5.43 Å². The number of nitro groups is 1. The van der Waals surface area contributed by atoms with Crippen molar-refractivity contribution in [2.75, 3.05) is 6.61 Å². The molecule has 0 spiro atoms. The Hall–Kier alpha value is -2.65. The normalized spacial score (nSPS) is 10.6. The van der Waals surface area contributed by atoms with Crippen LogP contribution in [-0.2, 0) is 4.79 Å². The SMILES string of the molecule is O=C(COc1ccc(Cl)cc1Br)N/N=C/c1ccc([N+](=O)[O-])c(O)c1. The number of ether oxygens (including phenoxy) is 1. The summed E-state index contributed by atoms with van der Waals surface area (Å²) >= 11 is 9.07. The number of phenolic OH excluding ortho intramolecular Hbond substituents is 1. The van der Waals surface area contributed by atoms with E-state index in [4.69, 9.17) is 16.3 Å². The van der Waals surface area contributed by atoms with E-state index in [1.807, 2.05) is 0 Å². The highest BCUT2D eigenvalue weighted by molar-refractivity contribution is 9.10. The molecule has 2 N–H and O–H groups in total. The van der Waals surface area contributed by atoms with Crippen LogP contribution in [0.4, 0.5) is 5.69 Å². The number of nitrogens with one attached hydrogen (secondary N) is 1. The minimum Gasteiger partial charge on any atom is -0.502 e. The van der Waals surface area contributed by atoms with Gasteiger partial charge in [0.1, 0.15) is 5.75 Å². The second kappa shape index (κ2) is 8.45. The van der Waals surface area contributed by atoms with Crippen molar-refractivity contribution < 1.29 is 19.6 Å². The largest absolute Gasteiger partial charge is 0.502 e. The van der Waals surface area contributed by atoms with Gasteiger partial charge < -0.3 is 9.84 Å². The summed E-state index contributed by atoms with van der Waals surface area (Å²) in [6.07, 6.45) is 1.24. The van der Waals surface area contributed by atoms with Gasteiger partial charge in [0.25, 0.3) is 5.91 Å². The fraction of sp³-hybridized carbons (Fsp3) is 0.0667. The Bertz CT molecular complexity index is 844. The van der Waals surface area contributed by atoms with Crippen LogP contribution in [0.3, 0.4) is 0 Å². The number of hydrazone groups is 1. The van der Waals surface area contributed by atoms with E-state index in [1.165, 1.54) is 12.3 Å². The van der Waals surface area contributed by atoms with Gasteiger partial charge in [-0.05, 0) is 51.8 Å². The molecule has 0 aliphatic heterocycles. The van der Waals surface area contributed by atoms with E-state index in [2.05, 4.69) is 26.5 Å². The van der Waals surface area contributed by atoms with Crippen LogP contribution in [0.25, 0.3) is 0 Å². The molecule has 0 saturated heterocycles. The monoisotopic (exact) mass is 427 g/mol. The Morgan fingerprint density at radius 2 is 2.16 bits per heavy atom. The minimum absolute atomic E-state index is 0.275. The maximum atomic E-state index is 11.7. The average molecular weight is 429 g/mol. The Kier molecular flexibility index (Phi) is 6.31. The van der Waals surface area contributed by atoms with Gasteiger partial charge in [0, 0.05) is 11.1 Å². The molecule has 1 amide bonds. The molecular weight excluding hydrogens is 418 g/mol. The van der Waals surface area contributed by atoms with Crippen LogP contribution in [0.2, 0.25) is 5.02 Å². The number of hydrogen-bond donors (Lipinski definition) is 2. The lowest BCUT2D eigenvalue weighted by Gasteiger charge is -2.07. The standard InChI is InChI=1S/C15H11BrClN3O5/c16-11-6-10(17)2-4-14(11)25-8-15(22)19-18-7-9-1-3-12(20(23)24)13(21)5-9/h1-7,21H,8H2,(H,19,22)/b18-7+. The zero-order valence-corrected chi connectivity index (χ0v) is 14.8. The molecule has 130 valence electrons. The zero-order chi connectivity index (χ0) is 18.4. The average Bonchev–Trinajstić information content (AvgIpc) is 2.53. The van der Waals surface area contributed by atoms with E-state index in [1.54, 1.807) is 18.2 Å². The van der Waals surface area contributed by atoms with Crippen molar-refractivity contribution in [2.24, 2.45) is 5.10 Å². The Labute approximate surface area is 155 Å². The van der Waals surface area contributed by atoms with Crippen molar-refractivity contribution in [3.05, 3.63) is 61.6 Å². The highest BCUT2D eigenvalue weighted by Crippen LogP contribution is 2.28. The highest BCUT2D eigenvalue weighted by atomic mass is 79.9. The smallest absolute Gasteiger partial charge is 0.310 e. The van der Waals surface area contributed by atoms with E-state index < -0.39 is 22.3 Å². The maximum Gasteiger partial charge on any atom is 0.310 e. The first-order valence-corrected chi connectivity index (χ1v) is 7.91. The quantitative estimate of drug-likeness (QED) is 0.416. The summed E-state index contributed by atoms with van der Waals surface area (Å²) in [7, 11) is 0. The van der Waals surface area contributed by atoms with Gasteiger partial charge in [-0.15, -0.1) is 0 Å². The third kappa shape index (κ3) is 5.44. The van der Waals surface area contributed by atoms with E-state index in [0.717, 1.165) is 12.1 Å². The summed E-state index contributed by atoms with van der Waals surface area (Å²) in [5.41, 5.74) is 2.20. The fourth-order valence-corrected chi connectivity index (χ4v) is 2.52. The molecule has 0 unspecified atom stereocenters. The second-order valence-electron chi connectivity index (χ2n) is 4.66. The molecule has 0 fully saturated rings. The summed E-state index contributed by atoms with van der Waals surface area (Å²) in [4.78, 5) is 21.6. The first kappa shape index (κ1) is 18.7. The summed E-state index contributed by atoms with van der Waals surface area (Å²) in [5.74, 6) is -0.552. The number of nitrogens with zero attached hydrogens (tertiary/aromatic N) is 2. The van der Waals surface area contributed by atoms with Gasteiger partial charge in [0.2, 0.25) is 0 Å². The lowest BCUT2D eigenvalue weighted by molar-refractivity contribution is -0.385. The van der Waals surface area contributed by atoms with Crippen molar-refractivity contribution in [3.8, 4) is 11.5 Å². The molecule has 25 heavy (non-hydrogen) atoms.